The van der Waals surface area contributed by atoms with Crippen LogP contribution in [0.25, 0.3) is 0 Å². The Labute approximate surface area is 204 Å². The Bertz CT molecular complexity index is 1200. The second-order valence-corrected chi connectivity index (χ2v) is 9.11. The number of imidazole rings is 1. The molecule has 2 aliphatic rings. The molecule has 3 amide bonds. The monoisotopic (exact) mass is 471 g/mol. The summed E-state index contributed by atoms with van der Waals surface area (Å²) in [7, 11) is 0. The fourth-order valence-electron chi connectivity index (χ4n) is 4.90. The standard InChI is InChI=1S/C27H29N5O3/c1-20(32-26(34)22-10-5-6-11-23(22)27(32)35)25(33)30-14-7-13-29(16-17-30)19-24-28-12-15-31(24)18-21-8-3-2-4-9-21/h2-6,8-12,15,20H,7,13-14,16-19H2,1H3. The van der Waals surface area contributed by atoms with Crippen molar-refractivity contribution in [1.82, 2.24) is 24.3 Å². The summed E-state index contributed by atoms with van der Waals surface area (Å²) in [5.74, 6) is 0.0151. The third-order valence-electron chi connectivity index (χ3n) is 6.83. The third kappa shape index (κ3) is 4.61. The Hall–Kier alpha value is -3.78. The second kappa shape index (κ2) is 9.84. The number of rotatable bonds is 6. The molecule has 8 nitrogen and oxygen atoms in total. The molecule has 0 radical (unpaired) electrons. The minimum Gasteiger partial charge on any atom is -0.340 e. The van der Waals surface area contributed by atoms with Gasteiger partial charge in [-0.3, -0.25) is 24.2 Å². The van der Waals surface area contributed by atoms with Crippen LogP contribution in [-0.4, -0.2) is 74.2 Å². The van der Waals surface area contributed by atoms with Crippen molar-refractivity contribution in [1.29, 1.82) is 0 Å². The normalized spacial score (nSPS) is 17.4. The van der Waals surface area contributed by atoms with E-state index in [1.165, 1.54) is 5.56 Å². The smallest absolute Gasteiger partial charge is 0.262 e. The number of hydrogen-bond acceptors (Lipinski definition) is 5. The van der Waals surface area contributed by atoms with Crippen molar-refractivity contribution in [2.75, 3.05) is 26.2 Å². The predicted molar refractivity (Wildman–Crippen MR) is 131 cm³/mol. The van der Waals surface area contributed by atoms with E-state index >= 15 is 0 Å². The average molecular weight is 472 g/mol. The molecule has 180 valence electrons. The predicted octanol–water partition coefficient (Wildman–Crippen LogP) is 2.65. The Kier molecular flexibility index (Phi) is 6.46. The molecule has 1 aromatic heterocycles. The van der Waals surface area contributed by atoms with Crippen molar-refractivity contribution in [2.24, 2.45) is 0 Å². The highest BCUT2D eigenvalue weighted by molar-refractivity contribution is 6.22. The van der Waals surface area contributed by atoms with Crippen molar-refractivity contribution in [3.63, 3.8) is 0 Å². The molecule has 0 aliphatic carbocycles. The van der Waals surface area contributed by atoms with Gasteiger partial charge in [0.05, 0.1) is 17.7 Å². The fraction of sp³-hybridized carbons (Fsp3) is 0.333. The van der Waals surface area contributed by atoms with Crippen LogP contribution in [0.5, 0.6) is 0 Å². The van der Waals surface area contributed by atoms with E-state index < -0.39 is 17.9 Å². The van der Waals surface area contributed by atoms with E-state index in [1.54, 1.807) is 36.1 Å². The fourth-order valence-corrected chi connectivity index (χ4v) is 4.90. The first-order chi connectivity index (χ1) is 17.0. The molecule has 1 saturated heterocycles. The van der Waals surface area contributed by atoms with Gasteiger partial charge in [0.15, 0.2) is 0 Å². The van der Waals surface area contributed by atoms with Crippen LogP contribution in [0.2, 0.25) is 0 Å². The van der Waals surface area contributed by atoms with E-state index in [9.17, 15) is 14.4 Å². The van der Waals surface area contributed by atoms with Crippen LogP contribution in [0, 0.1) is 0 Å². The van der Waals surface area contributed by atoms with Gasteiger partial charge in [-0.1, -0.05) is 42.5 Å². The van der Waals surface area contributed by atoms with Crippen LogP contribution in [0.3, 0.4) is 0 Å². The number of hydrogen-bond donors (Lipinski definition) is 0. The molecule has 2 aliphatic heterocycles. The zero-order valence-corrected chi connectivity index (χ0v) is 19.8. The van der Waals surface area contributed by atoms with E-state index in [0.29, 0.717) is 37.3 Å². The first-order valence-corrected chi connectivity index (χ1v) is 12.0. The first-order valence-electron chi connectivity index (χ1n) is 12.0. The van der Waals surface area contributed by atoms with Crippen molar-refractivity contribution >= 4 is 17.7 Å². The quantitative estimate of drug-likeness (QED) is 0.517. The van der Waals surface area contributed by atoms with Gasteiger partial charge in [0.2, 0.25) is 5.91 Å². The number of amides is 3. The Balaban J connectivity index is 1.21. The van der Waals surface area contributed by atoms with Crippen molar-refractivity contribution in [3.8, 4) is 0 Å². The number of carbonyl (C=O) groups excluding carboxylic acids is 3. The summed E-state index contributed by atoms with van der Waals surface area (Å²) in [6, 6.07) is 16.2. The van der Waals surface area contributed by atoms with Crippen LogP contribution in [0.15, 0.2) is 67.0 Å². The molecule has 3 aromatic rings. The molecule has 1 fully saturated rings. The summed E-state index contributed by atoms with van der Waals surface area (Å²) < 4.78 is 2.16. The van der Waals surface area contributed by atoms with E-state index in [1.807, 2.05) is 30.6 Å². The zero-order chi connectivity index (χ0) is 24.4. The molecule has 0 saturated carbocycles. The third-order valence-corrected chi connectivity index (χ3v) is 6.83. The summed E-state index contributed by atoms with van der Waals surface area (Å²) in [4.78, 5) is 48.7. The molecule has 5 rings (SSSR count). The number of benzene rings is 2. The molecule has 1 unspecified atom stereocenters. The molecule has 0 bridgehead atoms. The molecule has 0 spiro atoms. The highest BCUT2D eigenvalue weighted by atomic mass is 16.2. The Morgan fingerprint density at radius 3 is 2.29 bits per heavy atom. The highest BCUT2D eigenvalue weighted by Gasteiger charge is 2.41. The van der Waals surface area contributed by atoms with Gasteiger partial charge in [-0.25, -0.2) is 4.98 Å². The number of carbonyl (C=O) groups is 3. The van der Waals surface area contributed by atoms with Crippen molar-refractivity contribution < 1.29 is 14.4 Å². The van der Waals surface area contributed by atoms with Gasteiger partial charge < -0.3 is 9.47 Å². The number of aromatic nitrogens is 2. The van der Waals surface area contributed by atoms with E-state index in [-0.39, 0.29) is 5.91 Å². The molecule has 35 heavy (non-hydrogen) atoms. The molecular formula is C27H29N5O3. The number of fused-ring (bicyclic) bond motifs is 1. The Morgan fingerprint density at radius 1 is 0.886 bits per heavy atom. The second-order valence-electron chi connectivity index (χ2n) is 9.11. The summed E-state index contributed by atoms with van der Waals surface area (Å²) in [6.45, 7) is 5.82. The maximum Gasteiger partial charge on any atom is 0.262 e. The lowest BCUT2D eigenvalue weighted by molar-refractivity contribution is -0.134. The number of nitrogens with zero attached hydrogens (tertiary/aromatic N) is 5. The van der Waals surface area contributed by atoms with Gasteiger partial charge >= 0.3 is 0 Å². The molecular weight excluding hydrogens is 442 g/mol. The van der Waals surface area contributed by atoms with Crippen LogP contribution >= 0.6 is 0 Å². The van der Waals surface area contributed by atoms with Crippen LogP contribution in [0.4, 0.5) is 0 Å². The molecule has 0 N–H and O–H groups in total. The lowest BCUT2D eigenvalue weighted by Gasteiger charge is -2.28. The van der Waals surface area contributed by atoms with Crippen LogP contribution in [-0.2, 0) is 17.9 Å². The van der Waals surface area contributed by atoms with E-state index in [2.05, 4.69) is 26.6 Å². The van der Waals surface area contributed by atoms with Gasteiger partial charge in [-0.15, -0.1) is 0 Å². The lowest BCUT2D eigenvalue weighted by Crippen LogP contribution is -2.50. The summed E-state index contributed by atoms with van der Waals surface area (Å²) in [5.41, 5.74) is 1.96. The highest BCUT2D eigenvalue weighted by Crippen LogP contribution is 2.25. The van der Waals surface area contributed by atoms with Gasteiger partial charge in [0, 0.05) is 45.1 Å². The minimum absolute atomic E-state index is 0.188. The van der Waals surface area contributed by atoms with Gasteiger partial charge in [-0.05, 0) is 31.0 Å². The molecule has 1 atom stereocenters. The van der Waals surface area contributed by atoms with Crippen molar-refractivity contribution in [2.45, 2.75) is 32.5 Å². The Morgan fingerprint density at radius 2 is 1.57 bits per heavy atom. The summed E-state index contributed by atoms with van der Waals surface area (Å²) in [5, 5.41) is 0. The molecule has 8 heteroatoms. The van der Waals surface area contributed by atoms with Crippen molar-refractivity contribution in [3.05, 3.63) is 89.5 Å². The van der Waals surface area contributed by atoms with E-state index in [4.69, 9.17) is 0 Å². The topological polar surface area (TPSA) is 78.8 Å². The lowest BCUT2D eigenvalue weighted by atomic mass is 10.1. The number of imide groups is 1. The molecule has 2 aromatic carbocycles. The molecule has 3 heterocycles. The maximum atomic E-state index is 13.3. The van der Waals surface area contributed by atoms with Crippen LogP contribution in [0.1, 0.15) is 45.4 Å². The SMILES string of the molecule is CC(C(=O)N1CCCN(Cc2nccn2Cc2ccccc2)CC1)N1C(=O)c2ccccc2C1=O. The zero-order valence-electron chi connectivity index (χ0n) is 19.8. The van der Waals surface area contributed by atoms with Gasteiger partial charge in [-0.2, -0.15) is 0 Å². The maximum absolute atomic E-state index is 13.3. The summed E-state index contributed by atoms with van der Waals surface area (Å²) >= 11 is 0. The minimum atomic E-state index is -0.835. The first kappa shape index (κ1) is 23.0. The average Bonchev–Trinajstić information content (AvgIpc) is 3.31. The summed E-state index contributed by atoms with van der Waals surface area (Å²) in [6.07, 6.45) is 4.65. The van der Waals surface area contributed by atoms with E-state index in [0.717, 1.165) is 30.2 Å². The van der Waals surface area contributed by atoms with Gasteiger partial charge in [0.1, 0.15) is 11.9 Å². The largest absolute Gasteiger partial charge is 0.340 e. The van der Waals surface area contributed by atoms with Crippen LogP contribution < -0.4 is 0 Å². The van der Waals surface area contributed by atoms with Gasteiger partial charge in [0.25, 0.3) is 11.8 Å².